The highest BCUT2D eigenvalue weighted by Gasteiger charge is 2.47. The summed E-state index contributed by atoms with van der Waals surface area (Å²) >= 11 is 0. The number of benzene rings is 5. The van der Waals surface area contributed by atoms with Crippen LogP contribution in [0.5, 0.6) is 0 Å². The summed E-state index contributed by atoms with van der Waals surface area (Å²) in [6.07, 6.45) is 0. The maximum absolute atomic E-state index is 2.53. The van der Waals surface area contributed by atoms with Gasteiger partial charge in [0.1, 0.15) is 0 Å². The predicted octanol–water partition coefficient (Wildman–Crippen LogP) is 4.78. The highest BCUT2D eigenvalue weighted by atomic mass is 28.3. The second-order valence-electron chi connectivity index (χ2n) is 9.06. The minimum absolute atomic E-state index is 1.29. The van der Waals surface area contributed by atoms with E-state index in [2.05, 4.69) is 133 Å². The summed E-state index contributed by atoms with van der Waals surface area (Å²) in [7, 11) is -2.51. The van der Waals surface area contributed by atoms with E-state index in [0.717, 1.165) is 0 Å². The Morgan fingerprint density at radius 2 is 1.18 bits per heavy atom. The van der Waals surface area contributed by atoms with Crippen LogP contribution in [-0.2, 0) is 0 Å². The molecular formula is C31H23NSi. The van der Waals surface area contributed by atoms with Gasteiger partial charge in [0.25, 0.3) is 0 Å². The Hall–Kier alpha value is -3.88. The van der Waals surface area contributed by atoms with Gasteiger partial charge in [-0.25, -0.2) is 0 Å². The zero-order chi connectivity index (χ0) is 22.0. The van der Waals surface area contributed by atoms with Crippen molar-refractivity contribution < 1.29 is 0 Å². The first-order chi connectivity index (χ1) is 16.3. The first-order valence-electron chi connectivity index (χ1n) is 11.6. The van der Waals surface area contributed by atoms with Gasteiger partial charge in [0, 0.05) is 16.5 Å². The third-order valence-corrected chi connectivity index (χ3v) is 12.2. The summed E-state index contributed by atoms with van der Waals surface area (Å²) in [5, 5.41) is 8.49. The van der Waals surface area contributed by atoms with E-state index in [0.29, 0.717) is 0 Å². The van der Waals surface area contributed by atoms with Gasteiger partial charge in [0.15, 0.2) is 8.07 Å². The molecule has 5 aromatic carbocycles. The molecule has 0 spiro atoms. The van der Waals surface area contributed by atoms with E-state index in [1.807, 2.05) is 0 Å². The first kappa shape index (κ1) is 18.7. The SMILES string of the molecule is Cc1ccc2c(c1)-n1c3ccccc3c3cccc(c31)[Si]2(c1ccccc1)c1ccccc1. The molecule has 0 radical (unpaired) electrons. The number of rotatable bonds is 2. The van der Waals surface area contributed by atoms with Crippen LogP contribution in [0.4, 0.5) is 0 Å². The second kappa shape index (κ2) is 6.81. The maximum Gasteiger partial charge on any atom is 0.184 e. The summed E-state index contributed by atoms with van der Waals surface area (Å²) in [5.41, 5.74) is 5.29. The van der Waals surface area contributed by atoms with Crippen LogP contribution in [-0.4, -0.2) is 12.6 Å². The molecule has 1 nitrogen and oxygen atoms in total. The van der Waals surface area contributed by atoms with Gasteiger partial charge in [-0.05, 0) is 45.4 Å². The molecule has 7 rings (SSSR count). The summed E-state index contributed by atoms with van der Waals surface area (Å²) in [5.74, 6) is 0. The van der Waals surface area contributed by atoms with Crippen molar-refractivity contribution in [3.8, 4) is 5.69 Å². The zero-order valence-electron chi connectivity index (χ0n) is 18.5. The van der Waals surface area contributed by atoms with E-state index in [1.165, 1.54) is 53.8 Å². The van der Waals surface area contributed by atoms with Gasteiger partial charge < -0.3 is 4.57 Å². The number of fused-ring (bicyclic) bond motifs is 5. The van der Waals surface area contributed by atoms with Crippen LogP contribution in [0.1, 0.15) is 5.56 Å². The molecule has 6 aromatic rings. The molecule has 1 aromatic heterocycles. The molecule has 0 N–H and O–H groups in total. The van der Waals surface area contributed by atoms with Gasteiger partial charge >= 0.3 is 0 Å². The quantitative estimate of drug-likeness (QED) is 0.343. The van der Waals surface area contributed by atoms with Crippen LogP contribution in [0.15, 0.2) is 121 Å². The molecule has 0 unspecified atom stereocenters. The Balaban J connectivity index is 1.80. The van der Waals surface area contributed by atoms with Crippen LogP contribution in [0.25, 0.3) is 27.5 Å². The Labute approximate surface area is 194 Å². The molecule has 0 bridgehead atoms. The highest BCUT2D eigenvalue weighted by Crippen LogP contribution is 2.35. The normalized spacial score (nSPS) is 13.8. The molecule has 0 atom stereocenters. The van der Waals surface area contributed by atoms with Crippen molar-refractivity contribution in [3.05, 3.63) is 127 Å². The van der Waals surface area contributed by atoms with Crippen LogP contribution >= 0.6 is 0 Å². The van der Waals surface area contributed by atoms with Crippen LogP contribution in [0, 0.1) is 6.92 Å². The van der Waals surface area contributed by atoms with Crippen molar-refractivity contribution >= 4 is 50.6 Å². The molecule has 0 saturated carbocycles. The maximum atomic E-state index is 2.53. The molecule has 0 fully saturated rings. The lowest BCUT2D eigenvalue weighted by atomic mass is 10.1. The lowest BCUT2D eigenvalue weighted by molar-refractivity contribution is 1.18. The van der Waals surface area contributed by atoms with Crippen molar-refractivity contribution in [1.82, 2.24) is 4.57 Å². The third kappa shape index (κ3) is 2.36. The van der Waals surface area contributed by atoms with Gasteiger partial charge in [0.2, 0.25) is 0 Å². The molecule has 0 saturated heterocycles. The topological polar surface area (TPSA) is 4.93 Å². The standard InChI is InChI=1S/C31H23NSi/c1-22-19-20-29-28(21-22)32-27-17-9-8-15-25(27)26-16-10-18-30(31(26)32)33(29,23-11-4-2-5-12-23)24-13-6-3-7-14-24/h2-21H,1H3. The average molecular weight is 438 g/mol. The molecule has 156 valence electrons. The van der Waals surface area contributed by atoms with Gasteiger partial charge in [-0.2, -0.15) is 0 Å². The second-order valence-corrected chi connectivity index (χ2v) is 12.8. The van der Waals surface area contributed by atoms with E-state index in [-0.39, 0.29) is 0 Å². The molecule has 2 heteroatoms. The molecule has 0 aliphatic carbocycles. The Morgan fingerprint density at radius 1 is 0.545 bits per heavy atom. The fourth-order valence-corrected chi connectivity index (χ4v) is 11.1. The van der Waals surface area contributed by atoms with Crippen molar-refractivity contribution in [1.29, 1.82) is 0 Å². The van der Waals surface area contributed by atoms with Crippen LogP contribution in [0.3, 0.4) is 0 Å². The average Bonchev–Trinajstić information content (AvgIpc) is 3.22. The number of aromatic nitrogens is 1. The number of aryl methyl sites for hydroxylation is 1. The minimum atomic E-state index is -2.51. The highest BCUT2D eigenvalue weighted by molar-refractivity contribution is 7.21. The Kier molecular flexibility index (Phi) is 3.85. The lowest BCUT2D eigenvalue weighted by Gasteiger charge is -2.40. The fourth-order valence-electron chi connectivity index (χ4n) is 6.03. The Morgan fingerprint density at radius 3 is 1.91 bits per heavy atom. The molecule has 1 aliphatic heterocycles. The molecule has 33 heavy (non-hydrogen) atoms. The van der Waals surface area contributed by atoms with E-state index < -0.39 is 8.07 Å². The molecular weight excluding hydrogens is 414 g/mol. The molecule has 1 aliphatic rings. The van der Waals surface area contributed by atoms with Crippen molar-refractivity contribution in [2.24, 2.45) is 0 Å². The van der Waals surface area contributed by atoms with Crippen LogP contribution in [0.2, 0.25) is 0 Å². The van der Waals surface area contributed by atoms with Gasteiger partial charge in [-0.1, -0.05) is 109 Å². The van der Waals surface area contributed by atoms with E-state index in [9.17, 15) is 0 Å². The number of para-hydroxylation sites is 2. The Bertz CT molecular complexity index is 1620. The van der Waals surface area contributed by atoms with Crippen molar-refractivity contribution in [2.75, 3.05) is 0 Å². The fraction of sp³-hybridized carbons (Fsp3) is 0.0323. The number of nitrogens with zero attached hydrogens (tertiary/aromatic N) is 1. The van der Waals surface area contributed by atoms with Gasteiger partial charge in [-0.3, -0.25) is 0 Å². The van der Waals surface area contributed by atoms with Gasteiger partial charge in [-0.15, -0.1) is 0 Å². The number of hydrogen-bond acceptors (Lipinski definition) is 0. The van der Waals surface area contributed by atoms with Gasteiger partial charge in [0.05, 0.1) is 11.0 Å². The molecule has 2 heterocycles. The smallest absolute Gasteiger partial charge is 0.184 e. The predicted molar refractivity (Wildman–Crippen MR) is 143 cm³/mol. The van der Waals surface area contributed by atoms with Crippen molar-refractivity contribution in [3.63, 3.8) is 0 Å². The monoisotopic (exact) mass is 437 g/mol. The summed E-state index contributed by atoms with van der Waals surface area (Å²) in [4.78, 5) is 0. The lowest BCUT2D eigenvalue weighted by Crippen LogP contribution is -2.76. The minimum Gasteiger partial charge on any atom is -0.309 e. The van der Waals surface area contributed by atoms with Crippen LogP contribution < -0.4 is 20.7 Å². The summed E-state index contributed by atoms with van der Waals surface area (Å²) in [6.45, 7) is 2.21. The van der Waals surface area contributed by atoms with Crippen molar-refractivity contribution in [2.45, 2.75) is 6.92 Å². The number of hydrogen-bond donors (Lipinski definition) is 0. The zero-order valence-corrected chi connectivity index (χ0v) is 19.5. The molecule has 0 amide bonds. The summed E-state index contributed by atoms with van der Waals surface area (Å²) in [6, 6.07) is 45.4. The van der Waals surface area contributed by atoms with E-state index >= 15 is 0 Å². The summed E-state index contributed by atoms with van der Waals surface area (Å²) < 4.78 is 2.53. The third-order valence-electron chi connectivity index (χ3n) is 7.31. The largest absolute Gasteiger partial charge is 0.309 e. The van der Waals surface area contributed by atoms with E-state index in [4.69, 9.17) is 0 Å². The first-order valence-corrected chi connectivity index (χ1v) is 13.6. The van der Waals surface area contributed by atoms with E-state index in [1.54, 1.807) is 0 Å².